The second-order valence-corrected chi connectivity index (χ2v) is 6.25. The highest BCUT2D eigenvalue weighted by Crippen LogP contribution is 2.19. The Labute approximate surface area is 155 Å². The molecule has 3 amide bonds. The molecule has 2 aromatic carbocycles. The molecule has 0 radical (unpaired) electrons. The summed E-state index contributed by atoms with van der Waals surface area (Å²) in [4.78, 5) is 38.7. The van der Waals surface area contributed by atoms with Crippen LogP contribution < -0.4 is 16.4 Å². The van der Waals surface area contributed by atoms with Gasteiger partial charge in [0.15, 0.2) is 0 Å². The summed E-state index contributed by atoms with van der Waals surface area (Å²) in [7, 11) is 0. The van der Waals surface area contributed by atoms with Gasteiger partial charge >= 0.3 is 0 Å². The second kappa shape index (κ2) is 7.74. The van der Waals surface area contributed by atoms with Gasteiger partial charge in [-0.3, -0.25) is 14.4 Å². The summed E-state index contributed by atoms with van der Waals surface area (Å²) >= 11 is 0. The number of nitrogens with one attached hydrogen (secondary N) is 3. The summed E-state index contributed by atoms with van der Waals surface area (Å²) in [6, 6.07) is 13.3. The van der Waals surface area contributed by atoms with Gasteiger partial charge in [0, 0.05) is 41.7 Å². The predicted octanol–water partition coefficient (Wildman–Crippen LogP) is 1.95. The Morgan fingerprint density at radius 3 is 2.63 bits per heavy atom. The van der Waals surface area contributed by atoms with Crippen LogP contribution in [0.4, 0.5) is 5.69 Å². The molecule has 0 unspecified atom stereocenters. The number of amides is 3. The van der Waals surface area contributed by atoms with E-state index in [1.54, 1.807) is 24.3 Å². The molecule has 3 rings (SSSR count). The van der Waals surface area contributed by atoms with Crippen molar-refractivity contribution in [3.05, 3.63) is 65.9 Å². The molecule has 5 N–H and O–H groups in total. The van der Waals surface area contributed by atoms with Gasteiger partial charge in [-0.25, -0.2) is 0 Å². The fourth-order valence-electron chi connectivity index (χ4n) is 2.93. The number of anilines is 1. The van der Waals surface area contributed by atoms with Crippen molar-refractivity contribution >= 4 is 34.3 Å². The van der Waals surface area contributed by atoms with Crippen molar-refractivity contribution in [1.29, 1.82) is 0 Å². The molecule has 138 valence electrons. The van der Waals surface area contributed by atoms with Gasteiger partial charge in [0.25, 0.3) is 5.91 Å². The Balaban J connectivity index is 1.77. The van der Waals surface area contributed by atoms with Gasteiger partial charge < -0.3 is 21.4 Å². The van der Waals surface area contributed by atoms with Crippen LogP contribution in [0.25, 0.3) is 10.9 Å². The number of primary amides is 1. The summed E-state index contributed by atoms with van der Waals surface area (Å²) in [6.45, 7) is 1.39. The standard InChI is InChI=1S/C20H20N4O3/c1-12(25)23-15-6-4-5-13(9-15)20(27)24-18(19(21)26)10-14-11-22-17-8-3-2-7-16(14)17/h2-9,11,18,22H,10H2,1H3,(H2,21,26)(H,23,25)(H,24,27)/t18-/m1/s1. The van der Waals surface area contributed by atoms with Crippen molar-refractivity contribution in [3.63, 3.8) is 0 Å². The van der Waals surface area contributed by atoms with Gasteiger partial charge in [0.1, 0.15) is 6.04 Å². The highest BCUT2D eigenvalue weighted by molar-refractivity contribution is 5.99. The van der Waals surface area contributed by atoms with Crippen LogP contribution in [0, 0.1) is 0 Å². The van der Waals surface area contributed by atoms with E-state index in [-0.39, 0.29) is 12.3 Å². The molecule has 0 aliphatic carbocycles. The predicted molar refractivity (Wildman–Crippen MR) is 103 cm³/mol. The third kappa shape index (κ3) is 4.33. The highest BCUT2D eigenvalue weighted by atomic mass is 16.2. The van der Waals surface area contributed by atoms with E-state index in [1.165, 1.54) is 6.92 Å². The van der Waals surface area contributed by atoms with Gasteiger partial charge in [-0.2, -0.15) is 0 Å². The molecule has 0 aliphatic rings. The minimum Gasteiger partial charge on any atom is -0.368 e. The van der Waals surface area contributed by atoms with Crippen molar-refractivity contribution in [2.45, 2.75) is 19.4 Å². The number of fused-ring (bicyclic) bond motifs is 1. The SMILES string of the molecule is CC(=O)Nc1cccc(C(=O)N[C@H](Cc2c[nH]c3ccccc23)C(N)=O)c1. The van der Waals surface area contributed by atoms with Crippen LogP contribution in [-0.4, -0.2) is 28.7 Å². The number of aromatic amines is 1. The third-order valence-electron chi connectivity index (χ3n) is 4.19. The first-order valence-electron chi connectivity index (χ1n) is 8.47. The van der Waals surface area contributed by atoms with Crippen LogP contribution in [0.15, 0.2) is 54.7 Å². The lowest BCUT2D eigenvalue weighted by atomic mass is 10.0. The van der Waals surface area contributed by atoms with E-state index in [0.717, 1.165) is 16.5 Å². The zero-order valence-corrected chi connectivity index (χ0v) is 14.8. The van der Waals surface area contributed by atoms with Crippen molar-refractivity contribution in [2.75, 3.05) is 5.32 Å². The van der Waals surface area contributed by atoms with Gasteiger partial charge in [-0.1, -0.05) is 24.3 Å². The number of hydrogen-bond donors (Lipinski definition) is 4. The Morgan fingerprint density at radius 2 is 1.89 bits per heavy atom. The number of benzene rings is 2. The summed E-state index contributed by atoms with van der Waals surface area (Å²) in [5, 5.41) is 6.27. The second-order valence-electron chi connectivity index (χ2n) is 6.25. The Kier molecular flexibility index (Phi) is 5.21. The molecule has 7 heteroatoms. The molecule has 1 heterocycles. The van der Waals surface area contributed by atoms with Crippen molar-refractivity contribution in [3.8, 4) is 0 Å². The van der Waals surface area contributed by atoms with Crippen LogP contribution in [0.2, 0.25) is 0 Å². The molecule has 0 bridgehead atoms. The third-order valence-corrected chi connectivity index (χ3v) is 4.19. The molecule has 27 heavy (non-hydrogen) atoms. The molecule has 0 aliphatic heterocycles. The van der Waals surface area contributed by atoms with E-state index >= 15 is 0 Å². The van der Waals surface area contributed by atoms with E-state index in [0.29, 0.717) is 11.3 Å². The first-order chi connectivity index (χ1) is 12.9. The molecule has 7 nitrogen and oxygen atoms in total. The number of nitrogens with two attached hydrogens (primary N) is 1. The minimum absolute atomic E-state index is 0.234. The number of hydrogen-bond acceptors (Lipinski definition) is 3. The molecule has 1 atom stereocenters. The first kappa shape index (κ1) is 18.2. The topological polar surface area (TPSA) is 117 Å². The van der Waals surface area contributed by atoms with E-state index < -0.39 is 17.9 Å². The van der Waals surface area contributed by atoms with E-state index in [2.05, 4.69) is 15.6 Å². The molecular weight excluding hydrogens is 344 g/mol. The fraction of sp³-hybridized carbons (Fsp3) is 0.150. The zero-order valence-electron chi connectivity index (χ0n) is 14.8. The maximum absolute atomic E-state index is 12.6. The highest BCUT2D eigenvalue weighted by Gasteiger charge is 2.21. The number of H-pyrrole nitrogens is 1. The molecule has 3 aromatic rings. The smallest absolute Gasteiger partial charge is 0.252 e. The fourth-order valence-corrected chi connectivity index (χ4v) is 2.93. The summed E-state index contributed by atoms with van der Waals surface area (Å²) in [5.41, 5.74) is 8.17. The lowest BCUT2D eigenvalue weighted by Crippen LogP contribution is -2.45. The van der Waals surface area contributed by atoms with Crippen LogP contribution >= 0.6 is 0 Å². The molecule has 1 aromatic heterocycles. The number of aromatic nitrogens is 1. The van der Waals surface area contributed by atoms with Crippen LogP contribution in [0.3, 0.4) is 0 Å². The van der Waals surface area contributed by atoms with Crippen molar-refractivity contribution in [2.24, 2.45) is 5.73 Å². The lowest BCUT2D eigenvalue weighted by molar-refractivity contribution is -0.119. The Morgan fingerprint density at radius 1 is 1.11 bits per heavy atom. The Hall–Kier alpha value is -3.61. The van der Waals surface area contributed by atoms with E-state index in [9.17, 15) is 14.4 Å². The quantitative estimate of drug-likeness (QED) is 0.535. The van der Waals surface area contributed by atoms with Gasteiger partial charge in [-0.05, 0) is 29.8 Å². The Bertz CT molecular complexity index is 1010. The maximum Gasteiger partial charge on any atom is 0.252 e. The average Bonchev–Trinajstić information content (AvgIpc) is 3.04. The largest absolute Gasteiger partial charge is 0.368 e. The van der Waals surface area contributed by atoms with E-state index in [1.807, 2.05) is 30.5 Å². The average molecular weight is 364 g/mol. The molecular formula is C20H20N4O3. The lowest BCUT2D eigenvalue weighted by Gasteiger charge is -2.15. The number of rotatable bonds is 6. The summed E-state index contributed by atoms with van der Waals surface area (Å²) in [5.74, 6) is -1.29. The molecule has 0 saturated carbocycles. The first-order valence-corrected chi connectivity index (χ1v) is 8.47. The minimum atomic E-state index is -0.860. The van der Waals surface area contributed by atoms with Crippen LogP contribution in [0.5, 0.6) is 0 Å². The zero-order chi connectivity index (χ0) is 19.4. The van der Waals surface area contributed by atoms with E-state index in [4.69, 9.17) is 5.73 Å². The van der Waals surface area contributed by atoms with Gasteiger partial charge in [0.2, 0.25) is 11.8 Å². The molecule has 0 spiro atoms. The number of carbonyl (C=O) groups excluding carboxylic acids is 3. The number of carbonyl (C=O) groups is 3. The normalized spacial score (nSPS) is 11.7. The maximum atomic E-state index is 12.6. The molecule has 0 saturated heterocycles. The summed E-state index contributed by atoms with van der Waals surface area (Å²) in [6.07, 6.45) is 2.08. The molecule has 0 fully saturated rings. The monoisotopic (exact) mass is 364 g/mol. The van der Waals surface area contributed by atoms with Crippen molar-refractivity contribution in [1.82, 2.24) is 10.3 Å². The van der Waals surface area contributed by atoms with Gasteiger partial charge in [0.05, 0.1) is 0 Å². The van der Waals surface area contributed by atoms with Crippen molar-refractivity contribution < 1.29 is 14.4 Å². The van der Waals surface area contributed by atoms with Gasteiger partial charge in [-0.15, -0.1) is 0 Å². The van der Waals surface area contributed by atoms with Crippen LogP contribution in [-0.2, 0) is 16.0 Å². The summed E-state index contributed by atoms with van der Waals surface area (Å²) < 4.78 is 0. The number of para-hydroxylation sites is 1. The van der Waals surface area contributed by atoms with Crippen LogP contribution in [0.1, 0.15) is 22.8 Å².